The predicted molar refractivity (Wildman–Crippen MR) is 68.6 cm³/mol. The van der Waals surface area contributed by atoms with Crippen LogP contribution in [0, 0.1) is 23.2 Å². The van der Waals surface area contributed by atoms with Gasteiger partial charge in [-0.3, -0.25) is 0 Å². The number of thiophene rings is 1. The van der Waals surface area contributed by atoms with E-state index in [9.17, 15) is 8.42 Å². The van der Waals surface area contributed by atoms with Crippen molar-refractivity contribution in [3.63, 3.8) is 0 Å². The number of hydrogen-bond acceptors (Lipinski definition) is 4. The molecule has 2 saturated carbocycles. The van der Waals surface area contributed by atoms with Gasteiger partial charge < -0.3 is 0 Å². The van der Waals surface area contributed by atoms with Crippen molar-refractivity contribution < 1.29 is 8.42 Å². The number of nitriles is 1. The van der Waals surface area contributed by atoms with Gasteiger partial charge in [-0.05, 0) is 49.7 Å². The molecule has 0 radical (unpaired) electrons. The lowest BCUT2D eigenvalue weighted by Crippen LogP contribution is -2.37. The van der Waals surface area contributed by atoms with Crippen LogP contribution in [0.2, 0.25) is 0 Å². The molecule has 0 aliphatic heterocycles. The van der Waals surface area contributed by atoms with E-state index in [0.717, 1.165) is 37.0 Å². The minimum atomic E-state index is -3.44. The van der Waals surface area contributed by atoms with Crippen molar-refractivity contribution in [1.82, 2.24) is 4.72 Å². The van der Waals surface area contributed by atoms with Crippen LogP contribution in [0.25, 0.3) is 0 Å². The Balaban J connectivity index is 1.79. The van der Waals surface area contributed by atoms with Gasteiger partial charge in [-0.25, -0.2) is 13.1 Å². The molecule has 2 fully saturated rings. The van der Waals surface area contributed by atoms with E-state index in [1.165, 1.54) is 6.07 Å². The van der Waals surface area contributed by atoms with E-state index < -0.39 is 10.0 Å². The fourth-order valence-electron chi connectivity index (χ4n) is 2.25. The zero-order chi connectivity index (χ0) is 12.8. The predicted octanol–water partition coefficient (Wildman–Crippen LogP) is 2.09. The summed E-state index contributed by atoms with van der Waals surface area (Å²) in [6.45, 7) is 0. The molecule has 6 heteroatoms. The monoisotopic (exact) mass is 282 g/mol. The van der Waals surface area contributed by atoms with Gasteiger partial charge in [0.15, 0.2) is 0 Å². The first-order valence-electron chi connectivity index (χ1n) is 6.12. The number of sulfonamides is 1. The van der Waals surface area contributed by atoms with E-state index in [0.29, 0.717) is 16.7 Å². The van der Waals surface area contributed by atoms with E-state index in [-0.39, 0.29) is 10.3 Å². The van der Waals surface area contributed by atoms with Crippen LogP contribution >= 0.6 is 11.3 Å². The maximum Gasteiger partial charge on any atom is 0.250 e. The Morgan fingerprint density at radius 2 is 1.89 bits per heavy atom. The second-order valence-corrected chi connectivity index (χ2v) is 8.08. The third-order valence-corrected chi connectivity index (χ3v) is 6.45. The van der Waals surface area contributed by atoms with Crippen LogP contribution in [0.5, 0.6) is 0 Å². The van der Waals surface area contributed by atoms with Gasteiger partial charge >= 0.3 is 0 Å². The molecule has 2 aliphatic carbocycles. The Kier molecular flexibility index (Phi) is 2.93. The molecule has 0 spiro atoms. The molecule has 96 valence electrons. The van der Waals surface area contributed by atoms with Gasteiger partial charge in [0.2, 0.25) is 10.0 Å². The molecule has 0 aromatic carbocycles. The number of nitrogens with zero attached hydrogens (tertiary/aromatic N) is 1. The second kappa shape index (κ2) is 4.34. The number of nitrogens with one attached hydrogen (secondary N) is 1. The highest BCUT2D eigenvalue weighted by Gasteiger charge is 2.43. The Labute approximate surface area is 111 Å². The second-order valence-electron chi connectivity index (χ2n) is 5.05. The minimum absolute atomic E-state index is 0.114. The van der Waals surface area contributed by atoms with Gasteiger partial charge in [0.1, 0.15) is 15.2 Å². The first-order valence-corrected chi connectivity index (χ1v) is 8.42. The van der Waals surface area contributed by atoms with Crippen LogP contribution in [0.1, 0.15) is 30.6 Å². The Morgan fingerprint density at radius 3 is 2.33 bits per heavy atom. The van der Waals surface area contributed by atoms with Crippen LogP contribution in [-0.2, 0) is 10.0 Å². The lowest BCUT2D eigenvalue weighted by molar-refractivity contribution is 0.472. The molecule has 0 amide bonds. The number of rotatable bonds is 5. The van der Waals surface area contributed by atoms with Crippen LogP contribution in [-0.4, -0.2) is 14.5 Å². The maximum absolute atomic E-state index is 12.2. The highest BCUT2D eigenvalue weighted by Crippen LogP contribution is 2.45. The highest BCUT2D eigenvalue weighted by molar-refractivity contribution is 7.91. The fourth-order valence-corrected chi connectivity index (χ4v) is 4.74. The summed E-state index contributed by atoms with van der Waals surface area (Å²) in [6.07, 6.45) is 4.55. The number of hydrogen-bond donors (Lipinski definition) is 1. The first-order chi connectivity index (χ1) is 8.60. The molecule has 4 nitrogen and oxygen atoms in total. The van der Waals surface area contributed by atoms with Crippen molar-refractivity contribution in [2.24, 2.45) is 11.8 Å². The van der Waals surface area contributed by atoms with Gasteiger partial charge in [0, 0.05) is 6.04 Å². The lowest BCUT2D eigenvalue weighted by atomic mass is 10.1. The third kappa shape index (κ3) is 2.44. The summed E-state index contributed by atoms with van der Waals surface area (Å²) in [7, 11) is -3.44. The van der Waals surface area contributed by atoms with Gasteiger partial charge in [-0.2, -0.15) is 5.26 Å². The van der Waals surface area contributed by atoms with E-state index in [1.54, 1.807) is 6.07 Å². The topological polar surface area (TPSA) is 70.0 Å². The van der Waals surface area contributed by atoms with Crippen molar-refractivity contribution in [3.05, 3.63) is 17.0 Å². The zero-order valence-corrected chi connectivity index (χ0v) is 11.4. The van der Waals surface area contributed by atoms with E-state index in [4.69, 9.17) is 5.26 Å². The molecular weight excluding hydrogens is 268 g/mol. The maximum atomic E-state index is 12.2. The van der Waals surface area contributed by atoms with Crippen molar-refractivity contribution in [3.8, 4) is 6.07 Å². The summed E-state index contributed by atoms with van der Waals surface area (Å²) >= 11 is 1.03. The van der Waals surface area contributed by atoms with Gasteiger partial charge in [-0.1, -0.05) is 0 Å². The fraction of sp³-hybridized carbons (Fsp3) is 0.583. The van der Waals surface area contributed by atoms with Gasteiger partial charge in [0.25, 0.3) is 0 Å². The molecule has 1 aromatic rings. The van der Waals surface area contributed by atoms with Crippen LogP contribution in [0.4, 0.5) is 0 Å². The summed E-state index contributed by atoms with van der Waals surface area (Å²) < 4.78 is 27.6. The van der Waals surface area contributed by atoms with Crippen molar-refractivity contribution in [1.29, 1.82) is 5.26 Å². The van der Waals surface area contributed by atoms with E-state index in [2.05, 4.69) is 4.72 Å². The molecule has 1 heterocycles. The summed E-state index contributed by atoms with van der Waals surface area (Å²) in [4.78, 5) is 0.435. The SMILES string of the molecule is N#Cc1ccc(S(=O)(=O)NC(C2CC2)C2CC2)s1. The van der Waals surface area contributed by atoms with Gasteiger partial charge in [0.05, 0.1) is 0 Å². The standard InChI is InChI=1S/C12H14N2O2S2/c13-7-10-5-6-11(17-10)18(15,16)14-12(8-1-2-8)9-3-4-9/h5-6,8-9,12,14H,1-4H2. The van der Waals surface area contributed by atoms with E-state index in [1.807, 2.05) is 6.07 Å². The molecular formula is C12H14N2O2S2. The Morgan fingerprint density at radius 1 is 1.28 bits per heavy atom. The van der Waals surface area contributed by atoms with Crippen LogP contribution in [0.3, 0.4) is 0 Å². The van der Waals surface area contributed by atoms with Crippen molar-refractivity contribution >= 4 is 21.4 Å². The quantitative estimate of drug-likeness (QED) is 0.899. The largest absolute Gasteiger partial charge is 0.250 e. The summed E-state index contributed by atoms with van der Waals surface area (Å²) in [5.41, 5.74) is 0. The summed E-state index contributed by atoms with van der Waals surface area (Å²) in [5, 5.41) is 8.74. The molecule has 0 bridgehead atoms. The van der Waals surface area contributed by atoms with Crippen LogP contribution in [0.15, 0.2) is 16.3 Å². The molecule has 2 aliphatic rings. The summed E-state index contributed by atoms with van der Waals surface area (Å²) in [6, 6.07) is 5.16. The summed E-state index contributed by atoms with van der Waals surface area (Å²) in [5.74, 6) is 1.06. The van der Waals surface area contributed by atoms with Gasteiger partial charge in [-0.15, -0.1) is 11.3 Å². The zero-order valence-electron chi connectivity index (χ0n) is 9.80. The third-order valence-electron chi connectivity index (χ3n) is 3.51. The Hall–Kier alpha value is -0.900. The average Bonchev–Trinajstić information content (AvgIpc) is 3.24. The molecule has 3 rings (SSSR count). The van der Waals surface area contributed by atoms with Crippen molar-refractivity contribution in [2.45, 2.75) is 35.9 Å². The van der Waals surface area contributed by atoms with Crippen molar-refractivity contribution in [2.75, 3.05) is 0 Å². The molecule has 1 aromatic heterocycles. The molecule has 0 atom stereocenters. The highest BCUT2D eigenvalue weighted by atomic mass is 32.2. The lowest BCUT2D eigenvalue weighted by Gasteiger charge is -2.16. The first kappa shape index (κ1) is 12.2. The van der Waals surface area contributed by atoms with E-state index >= 15 is 0 Å². The molecule has 0 saturated heterocycles. The Bertz CT molecular complexity index is 580. The van der Waals surface area contributed by atoms with Crippen LogP contribution < -0.4 is 4.72 Å². The average molecular weight is 282 g/mol. The minimum Gasteiger partial charge on any atom is -0.207 e. The molecule has 0 unspecified atom stereocenters. The molecule has 18 heavy (non-hydrogen) atoms. The molecule has 1 N–H and O–H groups in total. The normalized spacial score (nSPS) is 20.0. The smallest absolute Gasteiger partial charge is 0.207 e.